The van der Waals surface area contributed by atoms with Gasteiger partial charge in [-0.15, -0.1) is 0 Å². The zero-order valence-electron chi connectivity index (χ0n) is 13.8. The van der Waals surface area contributed by atoms with E-state index in [1.54, 1.807) is 0 Å². The van der Waals surface area contributed by atoms with E-state index in [2.05, 4.69) is 10.6 Å². The van der Waals surface area contributed by atoms with Crippen molar-refractivity contribution in [2.45, 2.75) is 0 Å². The maximum atomic E-state index is 11.5. The highest BCUT2D eigenvalue weighted by atomic mass is 35.5. The van der Waals surface area contributed by atoms with Crippen LogP contribution in [0.25, 0.3) is 0 Å². The number of halogens is 2. The summed E-state index contributed by atoms with van der Waals surface area (Å²) in [6.07, 6.45) is 0. The molecule has 26 heavy (non-hydrogen) atoms. The quantitative estimate of drug-likeness (QED) is 0.547. The fourth-order valence-electron chi connectivity index (χ4n) is 1.47. The van der Waals surface area contributed by atoms with Gasteiger partial charge in [-0.25, -0.2) is 9.59 Å². The average Bonchev–Trinajstić information content (AvgIpc) is 2.59. The summed E-state index contributed by atoms with van der Waals surface area (Å²) in [6, 6.07) is 1.19. The van der Waals surface area contributed by atoms with E-state index in [1.165, 1.54) is 26.2 Å². The summed E-state index contributed by atoms with van der Waals surface area (Å²) in [5.74, 6) is -1.32. The number of nitrogens with one attached hydrogen (secondary N) is 4. The van der Waals surface area contributed by atoms with E-state index < -0.39 is 37.1 Å². The van der Waals surface area contributed by atoms with Crippen LogP contribution in [0.3, 0.4) is 0 Å². The monoisotopic (exact) mass is 406 g/mol. The van der Waals surface area contributed by atoms with E-state index >= 15 is 0 Å². The number of benzene rings is 1. The molecule has 4 N–H and O–H groups in total. The Balaban J connectivity index is 2.70. The molecule has 0 fully saturated rings. The number of carbonyl (C=O) groups excluding carboxylic acids is 4. The number of amides is 6. The Hall–Kier alpha value is -2.72. The lowest BCUT2D eigenvalue weighted by molar-refractivity contribution is -0.122. The van der Waals surface area contributed by atoms with Crippen molar-refractivity contribution in [1.82, 2.24) is 21.3 Å². The lowest BCUT2D eigenvalue weighted by atomic mass is 10.3. The Morgan fingerprint density at radius 3 is 1.54 bits per heavy atom. The Labute approximate surface area is 158 Å². The minimum absolute atomic E-state index is 0.0461. The first-order valence-electron chi connectivity index (χ1n) is 7.04. The van der Waals surface area contributed by atoms with Gasteiger partial charge in [-0.3, -0.25) is 20.2 Å². The summed E-state index contributed by atoms with van der Waals surface area (Å²) in [5, 5.41) is 8.61. The van der Waals surface area contributed by atoms with Gasteiger partial charge in [0.15, 0.2) is 13.2 Å². The van der Waals surface area contributed by atoms with Gasteiger partial charge in [-0.2, -0.15) is 0 Å². The smallest absolute Gasteiger partial charge is 0.321 e. The Morgan fingerprint density at radius 2 is 1.19 bits per heavy atom. The number of imide groups is 2. The number of urea groups is 2. The van der Waals surface area contributed by atoms with E-state index in [0.29, 0.717) is 0 Å². The second kappa shape index (κ2) is 10.3. The second-order valence-electron chi connectivity index (χ2n) is 4.55. The van der Waals surface area contributed by atoms with Crippen molar-refractivity contribution in [1.29, 1.82) is 0 Å². The molecule has 0 aromatic heterocycles. The summed E-state index contributed by atoms with van der Waals surface area (Å²) < 4.78 is 10.4. The van der Waals surface area contributed by atoms with Gasteiger partial charge >= 0.3 is 12.1 Å². The first-order chi connectivity index (χ1) is 12.3. The third-order valence-corrected chi connectivity index (χ3v) is 3.25. The van der Waals surface area contributed by atoms with Gasteiger partial charge in [0.05, 0.1) is 10.0 Å². The summed E-state index contributed by atoms with van der Waals surface area (Å²) in [6.45, 7) is -0.989. The van der Waals surface area contributed by atoms with E-state index in [1.807, 2.05) is 10.6 Å². The SMILES string of the molecule is CNC(=O)NC(=O)COc1cc(OCC(=O)NC(=O)NC)c(Cl)cc1Cl. The van der Waals surface area contributed by atoms with Crippen LogP contribution < -0.4 is 30.7 Å². The first kappa shape index (κ1) is 21.3. The molecule has 0 saturated heterocycles. The van der Waals surface area contributed by atoms with Crippen LogP contribution in [0, 0.1) is 0 Å². The molecule has 0 unspecified atom stereocenters. The minimum Gasteiger partial charge on any atom is -0.482 e. The van der Waals surface area contributed by atoms with Crippen LogP contribution in [-0.4, -0.2) is 51.2 Å². The second-order valence-corrected chi connectivity index (χ2v) is 5.36. The summed E-state index contributed by atoms with van der Waals surface area (Å²) in [5.41, 5.74) is 0. The molecule has 0 aliphatic rings. The number of hydrogen-bond acceptors (Lipinski definition) is 6. The van der Waals surface area contributed by atoms with Crippen molar-refractivity contribution in [2.24, 2.45) is 0 Å². The molecule has 1 aromatic carbocycles. The van der Waals surface area contributed by atoms with Crippen molar-refractivity contribution >= 4 is 47.1 Å². The van der Waals surface area contributed by atoms with Crippen molar-refractivity contribution in [3.8, 4) is 11.5 Å². The lowest BCUT2D eigenvalue weighted by Crippen LogP contribution is -2.40. The summed E-state index contributed by atoms with van der Waals surface area (Å²) in [7, 11) is 2.70. The molecule has 0 spiro atoms. The summed E-state index contributed by atoms with van der Waals surface area (Å²) in [4.78, 5) is 45.0. The Bertz CT molecular complexity index is 658. The largest absolute Gasteiger partial charge is 0.482 e. The standard InChI is InChI=1S/C14H16Cl2N4O6/c1-17-13(23)19-11(21)5-25-9-4-10(8(16)3-7(9)15)26-6-12(22)20-14(24)18-2/h3-4H,5-6H2,1-2H3,(H2,17,19,21,23)(H2,18,20,22,24). The fourth-order valence-corrected chi connectivity index (χ4v) is 1.96. The third-order valence-electron chi connectivity index (χ3n) is 2.66. The summed E-state index contributed by atoms with van der Waals surface area (Å²) >= 11 is 11.9. The lowest BCUT2D eigenvalue weighted by Gasteiger charge is -2.12. The van der Waals surface area contributed by atoms with Crippen LogP contribution in [0.2, 0.25) is 10.0 Å². The van der Waals surface area contributed by atoms with Gasteiger partial charge < -0.3 is 20.1 Å². The Morgan fingerprint density at radius 1 is 0.808 bits per heavy atom. The highest BCUT2D eigenvalue weighted by molar-refractivity contribution is 6.36. The molecule has 0 aliphatic carbocycles. The van der Waals surface area contributed by atoms with Gasteiger partial charge in [0, 0.05) is 20.2 Å². The molecular weight excluding hydrogens is 391 g/mol. The van der Waals surface area contributed by atoms with Crippen molar-refractivity contribution in [2.75, 3.05) is 27.3 Å². The number of ether oxygens (including phenoxy) is 2. The van der Waals surface area contributed by atoms with Crippen molar-refractivity contribution in [3.05, 3.63) is 22.2 Å². The van der Waals surface area contributed by atoms with E-state index in [4.69, 9.17) is 32.7 Å². The molecular formula is C14H16Cl2N4O6. The molecule has 0 radical (unpaired) electrons. The average molecular weight is 407 g/mol. The van der Waals surface area contributed by atoms with Gasteiger partial charge in [0.1, 0.15) is 11.5 Å². The van der Waals surface area contributed by atoms with E-state index in [9.17, 15) is 19.2 Å². The highest BCUT2D eigenvalue weighted by Crippen LogP contribution is 2.35. The Kier molecular flexibility index (Phi) is 8.46. The van der Waals surface area contributed by atoms with Crippen LogP contribution in [0.4, 0.5) is 9.59 Å². The molecule has 1 rings (SSSR count). The molecule has 0 bridgehead atoms. The number of carbonyl (C=O) groups is 4. The first-order valence-corrected chi connectivity index (χ1v) is 7.80. The third kappa shape index (κ3) is 7.03. The molecule has 0 atom stereocenters. The van der Waals surface area contributed by atoms with Crippen molar-refractivity contribution < 1.29 is 28.7 Å². The maximum absolute atomic E-state index is 11.5. The maximum Gasteiger partial charge on any atom is 0.321 e. The fraction of sp³-hybridized carbons (Fsp3) is 0.286. The van der Waals surface area contributed by atoms with Gasteiger partial charge in [-0.05, 0) is 6.07 Å². The molecule has 12 heteroatoms. The molecule has 0 heterocycles. The molecule has 1 aromatic rings. The number of hydrogen-bond donors (Lipinski definition) is 4. The van der Waals surface area contributed by atoms with Gasteiger partial charge in [0.25, 0.3) is 11.8 Å². The number of rotatable bonds is 6. The predicted octanol–water partition coefficient (Wildman–Crippen LogP) is 0.662. The van der Waals surface area contributed by atoms with Gasteiger partial charge in [-0.1, -0.05) is 23.2 Å². The topological polar surface area (TPSA) is 135 Å². The molecule has 10 nitrogen and oxygen atoms in total. The van der Waals surface area contributed by atoms with Gasteiger partial charge in [0.2, 0.25) is 0 Å². The van der Waals surface area contributed by atoms with E-state index in [0.717, 1.165) is 0 Å². The predicted molar refractivity (Wildman–Crippen MR) is 92.6 cm³/mol. The molecule has 142 valence electrons. The van der Waals surface area contributed by atoms with Crippen molar-refractivity contribution in [3.63, 3.8) is 0 Å². The van der Waals surface area contributed by atoms with E-state index in [-0.39, 0.29) is 21.5 Å². The van der Waals surface area contributed by atoms with Crippen LogP contribution in [-0.2, 0) is 9.59 Å². The van der Waals surface area contributed by atoms with Crippen LogP contribution in [0.15, 0.2) is 12.1 Å². The van der Waals surface area contributed by atoms with Crippen LogP contribution in [0.1, 0.15) is 0 Å². The van der Waals surface area contributed by atoms with Crippen LogP contribution in [0.5, 0.6) is 11.5 Å². The zero-order chi connectivity index (χ0) is 19.7. The zero-order valence-corrected chi connectivity index (χ0v) is 15.3. The van der Waals surface area contributed by atoms with Crippen LogP contribution >= 0.6 is 23.2 Å². The normalized spacial score (nSPS) is 9.69. The highest BCUT2D eigenvalue weighted by Gasteiger charge is 2.14. The minimum atomic E-state index is -0.706. The molecule has 0 aliphatic heterocycles. The molecule has 0 saturated carbocycles. The molecule has 6 amide bonds.